The Morgan fingerprint density at radius 1 is 1.18 bits per heavy atom. The van der Waals surface area contributed by atoms with Gasteiger partial charge >= 0.3 is 0 Å². The number of halogens is 1. The average molecular weight is 497 g/mol. The van der Waals surface area contributed by atoms with Gasteiger partial charge in [0.25, 0.3) is 0 Å². The average Bonchev–Trinajstić information content (AvgIpc) is 3.55. The molecule has 5 rings (SSSR count). The first-order valence-corrected chi connectivity index (χ1v) is 12.0. The first kappa shape index (κ1) is 21.5. The molecule has 166 valence electrons. The second-order valence-corrected chi connectivity index (χ2v) is 9.39. The van der Waals surface area contributed by atoms with Crippen molar-refractivity contribution < 1.29 is 9.21 Å². The standard InChI is InChI=1S/C22H17ClN6O2S2/c23-13-5-7-14(8-6-13)26-17(30)12-32-22-28-27-20(29(22)11-15-3-2-10-31-15)19-18(24)16-4-1-9-25-21(16)33-19/h1-10H,11-12,24H2,(H,26,30). The Bertz CT molecular complexity index is 1410. The molecular formula is C22H17ClN6O2S2. The monoisotopic (exact) mass is 496 g/mol. The Morgan fingerprint density at radius 3 is 2.79 bits per heavy atom. The van der Waals surface area contributed by atoms with Gasteiger partial charge in [0.2, 0.25) is 5.91 Å². The van der Waals surface area contributed by atoms with Gasteiger partial charge in [-0.2, -0.15) is 0 Å². The molecule has 0 bridgehead atoms. The molecule has 0 fully saturated rings. The van der Waals surface area contributed by atoms with Crippen molar-refractivity contribution in [2.24, 2.45) is 0 Å². The van der Waals surface area contributed by atoms with Gasteiger partial charge in [0.15, 0.2) is 11.0 Å². The predicted molar refractivity (Wildman–Crippen MR) is 132 cm³/mol. The lowest BCUT2D eigenvalue weighted by Crippen LogP contribution is -2.14. The summed E-state index contributed by atoms with van der Waals surface area (Å²) in [5.41, 5.74) is 7.71. The molecule has 0 saturated carbocycles. The molecule has 0 aliphatic carbocycles. The fraction of sp³-hybridized carbons (Fsp3) is 0.0909. The third kappa shape index (κ3) is 4.58. The molecule has 0 atom stereocenters. The Labute approximate surface area is 201 Å². The van der Waals surface area contributed by atoms with E-state index in [-0.39, 0.29) is 11.7 Å². The van der Waals surface area contributed by atoms with Crippen LogP contribution in [-0.4, -0.2) is 31.4 Å². The second kappa shape index (κ2) is 9.26. The summed E-state index contributed by atoms with van der Waals surface area (Å²) < 4.78 is 7.44. The van der Waals surface area contributed by atoms with E-state index in [4.69, 9.17) is 21.8 Å². The number of aromatic nitrogens is 4. The van der Waals surface area contributed by atoms with Crippen LogP contribution in [0.3, 0.4) is 0 Å². The van der Waals surface area contributed by atoms with Gasteiger partial charge < -0.3 is 15.5 Å². The zero-order chi connectivity index (χ0) is 22.8. The summed E-state index contributed by atoms with van der Waals surface area (Å²) in [6, 6.07) is 14.4. The molecule has 4 heterocycles. The van der Waals surface area contributed by atoms with Crippen LogP contribution < -0.4 is 11.1 Å². The number of amides is 1. The number of hydrogen-bond donors (Lipinski definition) is 2. The Balaban J connectivity index is 1.42. The van der Waals surface area contributed by atoms with E-state index >= 15 is 0 Å². The fourth-order valence-electron chi connectivity index (χ4n) is 3.24. The maximum absolute atomic E-state index is 12.5. The second-order valence-electron chi connectivity index (χ2n) is 7.02. The van der Waals surface area contributed by atoms with Crippen LogP contribution in [0.5, 0.6) is 0 Å². The highest BCUT2D eigenvalue weighted by molar-refractivity contribution is 7.99. The van der Waals surface area contributed by atoms with Crippen LogP contribution in [0.15, 0.2) is 70.6 Å². The van der Waals surface area contributed by atoms with E-state index in [2.05, 4.69) is 20.5 Å². The highest BCUT2D eigenvalue weighted by Gasteiger charge is 2.22. The number of nitrogens with zero attached hydrogens (tertiary/aromatic N) is 4. The first-order valence-electron chi connectivity index (χ1n) is 9.85. The number of carbonyl (C=O) groups excluding carboxylic acids is 1. The zero-order valence-electron chi connectivity index (χ0n) is 17.1. The molecule has 0 aliphatic heterocycles. The fourth-order valence-corrected chi connectivity index (χ4v) is 5.16. The highest BCUT2D eigenvalue weighted by Crippen LogP contribution is 2.40. The Morgan fingerprint density at radius 2 is 2.03 bits per heavy atom. The molecule has 0 unspecified atom stereocenters. The van der Waals surface area contributed by atoms with Crippen LogP contribution in [0, 0.1) is 0 Å². The van der Waals surface area contributed by atoms with Gasteiger partial charge in [-0.1, -0.05) is 23.4 Å². The van der Waals surface area contributed by atoms with Crippen molar-refractivity contribution in [3.05, 3.63) is 71.8 Å². The summed E-state index contributed by atoms with van der Waals surface area (Å²) in [7, 11) is 0. The van der Waals surface area contributed by atoms with E-state index in [1.165, 1.54) is 23.1 Å². The number of hydrogen-bond acceptors (Lipinski definition) is 8. The lowest BCUT2D eigenvalue weighted by Gasteiger charge is -2.09. The van der Waals surface area contributed by atoms with E-state index in [1.807, 2.05) is 28.8 Å². The summed E-state index contributed by atoms with van der Waals surface area (Å²) in [5.74, 6) is 1.33. The van der Waals surface area contributed by atoms with Gasteiger partial charge in [0.05, 0.1) is 29.1 Å². The molecule has 1 aromatic carbocycles. The summed E-state index contributed by atoms with van der Waals surface area (Å²) >= 11 is 8.64. The minimum absolute atomic E-state index is 0.155. The molecule has 0 radical (unpaired) electrons. The smallest absolute Gasteiger partial charge is 0.234 e. The topological polar surface area (TPSA) is 112 Å². The molecule has 5 aromatic rings. The number of benzene rings is 1. The minimum atomic E-state index is -0.165. The summed E-state index contributed by atoms with van der Waals surface area (Å²) in [4.78, 5) is 18.5. The molecule has 1 amide bonds. The van der Waals surface area contributed by atoms with Crippen LogP contribution in [-0.2, 0) is 11.3 Å². The van der Waals surface area contributed by atoms with Crippen LogP contribution in [0.1, 0.15) is 5.76 Å². The van der Waals surface area contributed by atoms with E-state index < -0.39 is 0 Å². The van der Waals surface area contributed by atoms with Crippen molar-refractivity contribution in [1.29, 1.82) is 0 Å². The molecule has 0 spiro atoms. The molecule has 4 aromatic heterocycles. The molecule has 0 saturated heterocycles. The molecule has 0 aliphatic rings. The first-order chi connectivity index (χ1) is 16.1. The normalized spacial score (nSPS) is 11.2. The summed E-state index contributed by atoms with van der Waals surface area (Å²) in [5, 5.41) is 13.7. The van der Waals surface area contributed by atoms with Crippen LogP contribution in [0.25, 0.3) is 20.9 Å². The van der Waals surface area contributed by atoms with Crippen LogP contribution >= 0.6 is 34.7 Å². The van der Waals surface area contributed by atoms with Gasteiger partial charge in [0, 0.05) is 22.3 Å². The van der Waals surface area contributed by atoms with Gasteiger partial charge in [-0.05, 0) is 48.5 Å². The van der Waals surface area contributed by atoms with Gasteiger partial charge in [-0.3, -0.25) is 9.36 Å². The highest BCUT2D eigenvalue weighted by atomic mass is 35.5. The number of fused-ring (bicyclic) bond motifs is 1. The maximum atomic E-state index is 12.5. The van der Waals surface area contributed by atoms with Crippen molar-refractivity contribution in [1.82, 2.24) is 19.7 Å². The van der Waals surface area contributed by atoms with Crippen molar-refractivity contribution >= 4 is 62.2 Å². The van der Waals surface area contributed by atoms with Gasteiger partial charge in [0.1, 0.15) is 10.6 Å². The lowest BCUT2D eigenvalue weighted by atomic mass is 10.2. The van der Waals surface area contributed by atoms with Crippen molar-refractivity contribution in [3.63, 3.8) is 0 Å². The van der Waals surface area contributed by atoms with Crippen LogP contribution in [0.4, 0.5) is 11.4 Å². The van der Waals surface area contributed by atoms with E-state index in [0.717, 1.165) is 20.9 Å². The number of nitrogens with two attached hydrogens (primary N) is 1. The van der Waals surface area contributed by atoms with Crippen LogP contribution in [0.2, 0.25) is 5.02 Å². The molecule has 8 nitrogen and oxygen atoms in total. The van der Waals surface area contributed by atoms with Gasteiger partial charge in [-0.15, -0.1) is 21.5 Å². The summed E-state index contributed by atoms with van der Waals surface area (Å²) in [6.45, 7) is 0.400. The van der Waals surface area contributed by atoms with Gasteiger partial charge in [-0.25, -0.2) is 4.98 Å². The SMILES string of the molecule is Nc1c(-c2nnc(SCC(=O)Nc3ccc(Cl)cc3)n2Cc2ccco2)sc2ncccc12. The molecule has 11 heteroatoms. The number of thioether (sulfide) groups is 1. The number of rotatable bonds is 7. The van der Waals surface area contributed by atoms with E-state index in [1.54, 1.807) is 36.7 Å². The number of pyridine rings is 1. The quantitative estimate of drug-likeness (QED) is 0.299. The summed E-state index contributed by atoms with van der Waals surface area (Å²) in [6.07, 6.45) is 3.35. The molecule has 3 N–H and O–H groups in total. The maximum Gasteiger partial charge on any atom is 0.234 e. The molecular weight excluding hydrogens is 480 g/mol. The predicted octanol–water partition coefficient (Wildman–Crippen LogP) is 5.16. The largest absolute Gasteiger partial charge is 0.467 e. The lowest BCUT2D eigenvalue weighted by molar-refractivity contribution is -0.113. The number of thiophene rings is 1. The molecule has 33 heavy (non-hydrogen) atoms. The number of nitrogen functional groups attached to an aromatic ring is 1. The van der Waals surface area contributed by atoms with Crippen molar-refractivity contribution in [3.8, 4) is 10.7 Å². The zero-order valence-corrected chi connectivity index (χ0v) is 19.5. The number of anilines is 2. The number of carbonyl (C=O) groups is 1. The Kier molecular flexibility index (Phi) is 6.03. The number of furan rings is 1. The minimum Gasteiger partial charge on any atom is -0.467 e. The third-order valence-electron chi connectivity index (χ3n) is 4.78. The number of nitrogens with one attached hydrogen (secondary N) is 1. The Hall–Kier alpha value is -3.34. The van der Waals surface area contributed by atoms with Crippen molar-refractivity contribution in [2.45, 2.75) is 11.7 Å². The third-order valence-corrected chi connectivity index (χ3v) is 7.12. The van der Waals surface area contributed by atoms with Crippen molar-refractivity contribution in [2.75, 3.05) is 16.8 Å². The van der Waals surface area contributed by atoms with E-state index in [9.17, 15) is 4.79 Å². The van der Waals surface area contributed by atoms with E-state index in [0.29, 0.717) is 33.9 Å².